The molecule has 1 amide bonds. The summed E-state index contributed by atoms with van der Waals surface area (Å²) in [6, 6.07) is 0.272. The van der Waals surface area contributed by atoms with Crippen molar-refractivity contribution < 1.29 is 4.79 Å². The van der Waals surface area contributed by atoms with Crippen LogP contribution in [0.3, 0.4) is 0 Å². The van der Waals surface area contributed by atoms with E-state index in [1.165, 1.54) is 19.3 Å². The lowest BCUT2D eigenvalue weighted by molar-refractivity contribution is -0.136. The zero-order valence-electron chi connectivity index (χ0n) is 12.2. The Bertz CT molecular complexity index is 289. The van der Waals surface area contributed by atoms with E-state index in [9.17, 15) is 4.79 Å². The summed E-state index contributed by atoms with van der Waals surface area (Å²) in [6.07, 6.45) is 6.57. The second-order valence-electron chi connectivity index (χ2n) is 6.24. The Kier molecular flexibility index (Phi) is 5.64. The van der Waals surface area contributed by atoms with Gasteiger partial charge in [-0.3, -0.25) is 4.79 Å². The van der Waals surface area contributed by atoms with E-state index in [1.54, 1.807) is 0 Å². The Morgan fingerprint density at radius 3 is 2.74 bits per heavy atom. The summed E-state index contributed by atoms with van der Waals surface area (Å²) in [7, 11) is 0. The van der Waals surface area contributed by atoms with Gasteiger partial charge in [0.25, 0.3) is 0 Å². The van der Waals surface area contributed by atoms with Gasteiger partial charge in [-0.1, -0.05) is 6.92 Å². The molecular formula is C15H29N3O. The van der Waals surface area contributed by atoms with Crippen LogP contribution in [0.25, 0.3) is 0 Å². The van der Waals surface area contributed by atoms with Gasteiger partial charge in [-0.2, -0.15) is 0 Å². The van der Waals surface area contributed by atoms with E-state index in [-0.39, 0.29) is 6.04 Å². The van der Waals surface area contributed by atoms with Crippen LogP contribution >= 0.6 is 0 Å². The van der Waals surface area contributed by atoms with Crippen molar-refractivity contribution in [2.24, 2.45) is 17.6 Å². The maximum Gasteiger partial charge on any atom is 0.222 e. The highest BCUT2D eigenvalue weighted by atomic mass is 16.2. The largest absolute Gasteiger partial charge is 0.338 e. The van der Waals surface area contributed by atoms with Crippen LogP contribution in [-0.2, 0) is 4.79 Å². The lowest BCUT2D eigenvalue weighted by Crippen LogP contribution is -2.51. The third-order valence-corrected chi connectivity index (χ3v) is 4.90. The third kappa shape index (κ3) is 3.93. The number of nitrogens with two attached hydrogens (primary N) is 1. The zero-order chi connectivity index (χ0) is 13.7. The molecule has 3 N–H and O–H groups in total. The molecule has 4 nitrogen and oxygen atoms in total. The molecule has 2 heterocycles. The van der Waals surface area contributed by atoms with Crippen LogP contribution in [0.1, 0.15) is 45.4 Å². The predicted octanol–water partition coefficient (Wildman–Crippen LogP) is 1.35. The molecule has 0 bridgehead atoms. The normalized spacial score (nSPS) is 29.5. The van der Waals surface area contributed by atoms with Gasteiger partial charge in [-0.05, 0) is 57.0 Å². The minimum absolute atomic E-state index is 0.272. The summed E-state index contributed by atoms with van der Waals surface area (Å²) in [4.78, 5) is 14.5. The number of carbonyl (C=O) groups excluding carboxylic acids is 1. The summed E-state index contributed by atoms with van der Waals surface area (Å²) < 4.78 is 0. The number of carbonyl (C=O) groups is 1. The number of rotatable bonds is 4. The van der Waals surface area contributed by atoms with Crippen molar-refractivity contribution in [2.45, 2.75) is 51.5 Å². The topological polar surface area (TPSA) is 58.4 Å². The fraction of sp³-hybridized carbons (Fsp3) is 0.933. The Labute approximate surface area is 117 Å². The highest BCUT2D eigenvalue weighted by Gasteiger charge is 2.30. The van der Waals surface area contributed by atoms with E-state index in [2.05, 4.69) is 17.1 Å². The van der Waals surface area contributed by atoms with Crippen molar-refractivity contribution in [2.75, 3.05) is 26.2 Å². The molecule has 110 valence electrons. The first-order valence-corrected chi connectivity index (χ1v) is 7.92. The van der Waals surface area contributed by atoms with Crippen LogP contribution in [0.5, 0.6) is 0 Å². The van der Waals surface area contributed by atoms with E-state index < -0.39 is 0 Å². The van der Waals surface area contributed by atoms with Gasteiger partial charge in [0.1, 0.15) is 0 Å². The Hall–Kier alpha value is -0.610. The molecule has 0 spiro atoms. The molecule has 4 heteroatoms. The Morgan fingerprint density at radius 2 is 2.05 bits per heavy atom. The van der Waals surface area contributed by atoms with E-state index in [1.807, 2.05) is 0 Å². The van der Waals surface area contributed by atoms with Crippen LogP contribution < -0.4 is 11.1 Å². The Morgan fingerprint density at radius 1 is 1.32 bits per heavy atom. The molecule has 0 aromatic carbocycles. The maximum absolute atomic E-state index is 12.4. The average molecular weight is 267 g/mol. The van der Waals surface area contributed by atoms with Crippen molar-refractivity contribution in [3.8, 4) is 0 Å². The Balaban J connectivity index is 1.80. The van der Waals surface area contributed by atoms with Gasteiger partial charge in [0.2, 0.25) is 5.91 Å². The minimum Gasteiger partial charge on any atom is -0.338 e. The summed E-state index contributed by atoms with van der Waals surface area (Å²) in [5.41, 5.74) is 5.86. The van der Waals surface area contributed by atoms with Crippen molar-refractivity contribution in [3.63, 3.8) is 0 Å². The van der Waals surface area contributed by atoms with Crippen LogP contribution in [0, 0.1) is 11.8 Å². The average Bonchev–Trinajstić information content (AvgIpc) is 2.45. The zero-order valence-corrected chi connectivity index (χ0v) is 12.2. The number of nitrogens with zero attached hydrogens (tertiary/aromatic N) is 1. The van der Waals surface area contributed by atoms with Crippen molar-refractivity contribution in [1.82, 2.24) is 10.2 Å². The van der Waals surface area contributed by atoms with Gasteiger partial charge < -0.3 is 16.0 Å². The van der Waals surface area contributed by atoms with Crippen molar-refractivity contribution in [3.05, 3.63) is 0 Å². The molecule has 2 rings (SSSR count). The number of nitrogens with one attached hydrogen (secondary N) is 1. The summed E-state index contributed by atoms with van der Waals surface area (Å²) in [6.45, 7) is 5.98. The summed E-state index contributed by atoms with van der Waals surface area (Å²) >= 11 is 0. The van der Waals surface area contributed by atoms with E-state index in [0.29, 0.717) is 24.8 Å². The number of hydrogen-bond acceptors (Lipinski definition) is 3. The molecule has 2 aliphatic rings. The van der Waals surface area contributed by atoms with E-state index in [4.69, 9.17) is 5.73 Å². The SMILES string of the molecule is C[C@H]1CCCN(C(=O)CCC2CCNCC2)[C@@H]1CN. The fourth-order valence-electron chi connectivity index (χ4n) is 3.56. The summed E-state index contributed by atoms with van der Waals surface area (Å²) in [5.74, 6) is 1.63. The van der Waals surface area contributed by atoms with Gasteiger partial charge in [0.05, 0.1) is 0 Å². The second-order valence-corrected chi connectivity index (χ2v) is 6.24. The fourth-order valence-corrected chi connectivity index (χ4v) is 3.56. The van der Waals surface area contributed by atoms with Crippen LogP contribution in [-0.4, -0.2) is 43.0 Å². The van der Waals surface area contributed by atoms with Crippen LogP contribution in [0.2, 0.25) is 0 Å². The van der Waals surface area contributed by atoms with Gasteiger partial charge >= 0.3 is 0 Å². The monoisotopic (exact) mass is 267 g/mol. The molecule has 2 atom stereocenters. The molecular weight excluding hydrogens is 238 g/mol. The summed E-state index contributed by atoms with van der Waals surface area (Å²) in [5, 5.41) is 3.38. The first-order chi connectivity index (χ1) is 9.22. The van der Waals surface area contributed by atoms with E-state index in [0.717, 1.165) is 38.4 Å². The molecule has 2 aliphatic heterocycles. The number of hydrogen-bond donors (Lipinski definition) is 2. The van der Waals surface area contributed by atoms with E-state index >= 15 is 0 Å². The molecule has 0 radical (unpaired) electrons. The predicted molar refractivity (Wildman–Crippen MR) is 77.8 cm³/mol. The standard InChI is InChI=1S/C15H29N3O/c1-12-3-2-10-18(14(12)11-16)15(19)5-4-13-6-8-17-9-7-13/h12-14,17H,2-11,16H2,1H3/t12-,14+/m0/s1. The van der Waals surface area contributed by atoms with Gasteiger partial charge in [-0.25, -0.2) is 0 Å². The van der Waals surface area contributed by atoms with Crippen molar-refractivity contribution in [1.29, 1.82) is 0 Å². The van der Waals surface area contributed by atoms with Gasteiger partial charge in [0, 0.05) is 25.6 Å². The highest BCUT2D eigenvalue weighted by molar-refractivity contribution is 5.76. The molecule has 2 saturated heterocycles. The van der Waals surface area contributed by atoms with Gasteiger partial charge in [-0.15, -0.1) is 0 Å². The molecule has 19 heavy (non-hydrogen) atoms. The lowest BCUT2D eigenvalue weighted by Gasteiger charge is -2.39. The van der Waals surface area contributed by atoms with Crippen LogP contribution in [0.4, 0.5) is 0 Å². The number of amides is 1. The molecule has 0 aromatic heterocycles. The highest BCUT2D eigenvalue weighted by Crippen LogP contribution is 2.25. The quantitative estimate of drug-likeness (QED) is 0.808. The number of likely N-dealkylation sites (tertiary alicyclic amines) is 1. The van der Waals surface area contributed by atoms with Gasteiger partial charge in [0.15, 0.2) is 0 Å². The first kappa shape index (κ1) is 14.8. The second kappa shape index (κ2) is 7.25. The third-order valence-electron chi connectivity index (χ3n) is 4.90. The number of piperidine rings is 2. The molecule has 2 fully saturated rings. The molecule has 0 saturated carbocycles. The maximum atomic E-state index is 12.4. The van der Waals surface area contributed by atoms with Crippen molar-refractivity contribution >= 4 is 5.91 Å². The smallest absolute Gasteiger partial charge is 0.222 e. The molecule has 0 aliphatic carbocycles. The minimum atomic E-state index is 0.272. The lowest BCUT2D eigenvalue weighted by atomic mass is 9.89. The molecule has 0 aromatic rings. The molecule has 0 unspecified atom stereocenters. The first-order valence-electron chi connectivity index (χ1n) is 7.92. The van der Waals surface area contributed by atoms with Crippen LogP contribution in [0.15, 0.2) is 0 Å².